The van der Waals surface area contributed by atoms with Crippen LogP contribution in [0.2, 0.25) is 0 Å². The van der Waals surface area contributed by atoms with Gasteiger partial charge in [0.1, 0.15) is 18.4 Å². The molecule has 6 heteroatoms. The molecule has 0 spiro atoms. The predicted octanol–water partition coefficient (Wildman–Crippen LogP) is 3.01. The molecule has 0 aliphatic carbocycles. The summed E-state index contributed by atoms with van der Waals surface area (Å²) in [4.78, 5) is 24.1. The van der Waals surface area contributed by atoms with Gasteiger partial charge in [-0.3, -0.25) is 0 Å². The second-order valence-electron chi connectivity index (χ2n) is 5.79. The molecule has 0 aromatic heterocycles. The van der Waals surface area contributed by atoms with E-state index in [-0.39, 0.29) is 13.0 Å². The van der Waals surface area contributed by atoms with Crippen LogP contribution in [0.3, 0.4) is 0 Å². The molecule has 2 aromatic rings. The molecule has 0 bridgehead atoms. The molecule has 26 heavy (non-hydrogen) atoms. The van der Waals surface area contributed by atoms with Crippen LogP contribution in [0.25, 0.3) is 0 Å². The molecule has 6 nitrogen and oxygen atoms in total. The number of hydrogen-bond acceptors (Lipinski definition) is 5. The lowest BCUT2D eigenvalue weighted by Crippen LogP contribution is -2.43. The molecule has 0 radical (unpaired) electrons. The molecule has 0 fully saturated rings. The zero-order chi connectivity index (χ0) is 18.9. The highest BCUT2D eigenvalue weighted by Gasteiger charge is 2.23. The summed E-state index contributed by atoms with van der Waals surface area (Å²) in [7, 11) is 2.88. The Labute approximate surface area is 153 Å². The first-order valence-electron chi connectivity index (χ1n) is 8.22. The monoisotopic (exact) mass is 357 g/mol. The molecule has 1 N–H and O–H groups in total. The number of hydrogen-bond donors (Lipinski definition) is 1. The first-order valence-corrected chi connectivity index (χ1v) is 8.22. The number of esters is 1. The highest BCUT2D eigenvalue weighted by molar-refractivity contribution is 5.81. The van der Waals surface area contributed by atoms with Gasteiger partial charge in [-0.2, -0.15) is 0 Å². The van der Waals surface area contributed by atoms with E-state index in [9.17, 15) is 9.59 Å². The SMILES string of the molecule is COC(=O)[C@H](Cc1ccc(OC)c(C)c1)NC(=O)OCc1ccccc1. The molecule has 1 atom stereocenters. The largest absolute Gasteiger partial charge is 0.496 e. The van der Waals surface area contributed by atoms with E-state index >= 15 is 0 Å². The summed E-state index contributed by atoms with van der Waals surface area (Å²) in [5.74, 6) is 0.230. The average Bonchev–Trinajstić information content (AvgIpc) is 2.66. The molecule has 138 valence electrons. The third-order valence-corrected chi connectivity index (χ3v) is 3.89. The third kappa shape index (κ3) is 5.51. The average molecular weight is 357 g/mol. The van der Waals surface area contributed by atoms with Gasteiger partial charge < -0.3 is 19.5 Å². The molecule has 1 amide bonds. The van der Waals surface area contributed by atoms with Crippen LogP contribution in [0.4, 0.5) is 4.79 Å². The number of nitrogens with one attached hydrogen (secondary N) is 1. The minimum atomic E-state index is -0.837. The van der Waals surface area contributed by atoms with E-state index in [0.29, 0.717) is 0 Å². The topological polar surface area (TPSA) is 73.9 Å². The van der Waals surface area contributed by atoms with Crippen molar-refractivity contribution in [2.75, 3.05) is 14.2 Å². The predicted molar refractivity (Wildman–Crippen MR) is 97.0 cm³/mol. The number of carbonyl (C=O) groups excluding carboxylic acids is 2. The van der Waals surface area contributed by atoms with Gasteiger partial charge in [0.25, 0.3) is 0 Å². The van der Waals surface area contributed by atoms with Crippen molar-refractivity contribution < 1.29 is 23.8 Å². The highest BCUT2D eigenvalue weighted by Crippen LogP contribution is 2.19. The number of carbonyl (C=O) groups is 2. The van der Waals surface area contributed by atoms with Crippen molar-refractivity contribution in [2.24, 2.45) is 0 Å². The van der Waals surface area contributed by atoms with Gasteiger partial charge in [-0.15, -0.1) is 0 Å². The summed E-state index contributed by atoms with van der Waals surface area (Å²) >= 11 is 0. The Bertz CT molecular complexity index is 745. The van der Waals surface area contributed by atoms with Gasteiger partial charge in [0, 0.05) is 6.42 Å². The van der Waals surface area contributed by atoms with Gasteiger partial charge >= 0.3 is 12.1 Å². The molecule has 0 aliphatic heterocycles. The Morgan fingerprint density at radius 2 is 1.77 bits per heavy atom. The first-order chi connectivity index (χ1) is 12.5. The fourth-order valence-corrected chi connectivity index (χ4v) is 2.55. The fourth-order valence-electron chi connectivity index (χ4n) is 2.55. The Morgan fingerprint density at radius 3 is 2.38 bits per heavy atom. The number of rotatable bonds is 7. The maximum absolute atomic E-state index is 12.0. The molecule has 0 saturated heterocycles. The normalized spacial score (nSPS) is 11.3. The molecule has 2 aromatic carbocycles. The second kappa shape index (κ2) is 9.46. The van der Waals surface area contributed by atoms with E-state index in [0.717, 1.165) is 22.4 Å². The number of benzene rings is 2. The van der Waals surface area contributed by atoms with Gasteiger partial charge in [0.2, 0.25) is 0 Å². The first kappa shape index (κ1) is 19.3. The van der Waals surface area contributed by atoms with Crippen molar-refractivity contribution >= 4 is 12.1 Å². The fraction of sp³-hybridized carbons (Fsp3) is 0.300. The van der Waals surface area contributed by atoms with Gasteiger partial charge in [0.05, 0.1) is 14.2 Å². The quantitative estimate of drug-likeness (QED) is 0.771. The van der Waals surface area contributed by atoms with E-state index in [1.54, 1.807) is 7.11 Å². The number of methoxy groups -OCH3 is 2. The van der Waals surface area contributed by atoms with Gasteiger partial charge in [-0.25, -0.2) is 9.59 Å². The molecule has 2 rings (SSSR count). The van der Waals surface area contributed by atoms with Crippen molar-refractivity contribution in [3.05, 3.63) is 65.2 Å². The minimum absolute atomic E-state index is 0.127. The van der Waals surface area contributed by atoms with E-state index in [1.807, 2.05) is 55.5 Å². The van der Waals surface area contributed by atoms with Crippen molar-refractivity contribution in [3.8, 4) is 5.75 Å². The molecular formula is C20H23NO5. The van der Waals surface area contributed by atoms with Crippen LogP contribution in [0.5, 0.6) is 5.75 Å². The van der Waals surface area contributed by atoms with Crippen molar-refractivity contribution in [2.45, 2.75) is 26.0 Å². The van der Waals surface area contributed by atoms with Crippen molar-refractivity contribution in [1.82, 2.24) is 5.32 Å². The summed E-state index contributed by atoms with van der Waals surface area (Å²) in [5, 5.41) is 2.57. The Hall–Kier alpha value is -3.02. The smallest absolute Gasteiger partial charge is 0.408 e. The van der Waals surface area contributed by atoms with Gasteiger partial charge in [0.15, 0.2) is 0 Å². The molecule has 0 heterocycles. The summed E-state index contributed by atoms with van der Waals surface area (Å²) in [6.07, 6.45) is -0.382. The number of ether oxygens (including phenoxy) is 3. The minimum Gasteiger partial charge on any atom is -0.496 e. The second-order valence-corrected chi connectivity index (χ2v) is 5.79. The van der Waals surface area contributed by atoms with E-state index < -0.39 is 18.1 Å². The van der Waals surface area contributed by atoms with Gasteiger partial charge in [-0.1, -0.05) is 42.5 Å². The van der Waals surface area contributed by atoms with E-state index in [1.165, 1.54) is 7.11 Å². The van der Waals surface area contributed by atoms with Crippen LogP contribution in [0.1, 0.15) is 16.7 Å². The lowest BCUT2D eigenvalue weighted by molar-refractivity contribution is -0.143. The van der Waals surface area contributed by atoms with Crippen molar-refractivity contribution in [1.29, 1.82) is 0 Å². The zero-order valence-electron chi connectivity index (χ0n) is 15.2. The van der Waals surface area contributed by atoms with Crippen LogP contribution in [0, 0.1) is 6.92 Å². The summed E-state index contributed by atoms with van der Waals surface area (Å²) in [5.41, 5.74) is 2.69. The van der Waals surface area contributed by atoms with Gasteiger partial charge in [-0.05, 0) is 29.7 Å². The standard InChI is InChI=1S/C20H23NO5/c1-14-11-16(9-10-18(14)24-2)12-17(19(22)25-3)21-20(23)26-13-15-7-5-4-6-8-15/h4-11,17H,12-13H2,1-3H3,(H,21,23)/t17-/m0/s1. The summed E-state index contributed by atoms with van der Waals surface area (Å²) < 4.78 is 15.2. The lowest BCUT2D eigenvalue weighted by atomic mass is 10.0. The Kier molecular flexibility index (Phi) is 7.02. The highest BCUT2D eigenvalue weighted by atomic mass is 16.6. The van der Waals surface area contributed by atoms with Crippen LogP contribution < -0.4 is 10.1 Å². The molecule has 0 saturated carbocycles. The summed E-state index contributed by atoms with van der Waals surface area (Å²) in [6, 6.07) is 14.1. The molecular weight excluding hydrogens is 334 g/mol. The molecule has 0 aliphatic rings. The Morgan fingerprint density at radius 1 is 1.04 bits per heavy atom. The number of alkyl carbamates (subject to hydrolysis) is 1. The lowest BCUT2D eigenvalue weighted by Gasteiger charge is -2.17. The summed E-state index contributed by atoms with van der Waals surface area (Å²) in [6.45, 7) is 2.04. The Balaban J connectivity index is 1.99. The number of amides is 1. The van der Waals surface area contributed by atoms with Crippen LogP contribution in [-0.2, 0) is 27.3 Å². The van der Waals surface area contributed by atoms with Crippen molar-refractivity contribution in [3.63, 3.8) is 0 Å². The van der Waals surface area contributed by atoms with Crippen LogP contribution >= 0.6 is 0 Å². The number of aryl methyl sites for hydroxylation is 1. The van der Waals surface area contributed by atoms with E-state index in [4.69, 9.17) is 14.2 Å². The van der Waals surface area contributed by atoms with Crippen LogP contribution in [-0.4, -0.2) is 32.3 Å². The van der Waals surface area contributed by atoms with Crippen LogP contribution in [0.15, 0.2) is 48.5 Å². The maximum Gasteiger partial charge on any atom is 0.408 e. The van der Waals surface area contributed by atoms with E-state index in [2.05, 4.69) is 5.32 Å². The third-order valence-electron chi connectivity index (χ3n) is 3.89. The maximum atomic E-state index is 12.0. The zero-order valence-corrected chi connectivity index (χ0v) is 15.2. The molecule has 0 unspecified atom stereocenters.